The molecule has 8 nitrogen and oxygen atoms in total. The van der Waals surface area contributed by atoms with E-state index in [4.69, 9.17) is 10.7 Å². The molecular weight excluding hydrogens is 474 g/mol. The molecule has 38 heavy (non-hydrogen) atoms. The first-order chi connectivity index (χ1) is 18.3. The van der Waals surface area contributed by atoms with Crippen molar-refractivity contribution in [3.63, 3.8) is 0 Å². The molecule has 1 saturated heterocycles. The van der Waals surface area contributed by atoms with Crippen molar-refractivity contribution in [3.8, 4) is 11.1 Å². The maximum Gasteiger partial charge on any atom is 0.223 e. The SMILES string of the molecule is CC(CCN1CCCCC1)C(=O)N[C@@H]1Cn2c(c(-c3cnc4ccccc4c3)c3c(N)ncnc32)C1(C)C. The van der Waals surface area contributed by atoms with E-state index in [0.717, 1.165) is 64.8 Å². The van der Waals surface area contributed by atoms with E-state index in [2.05, 4.69) is 57.7 Å². The van der Waals surface area contributed by atoms with Crippen LogP contribution in [0.1, 0.15) is 52.1 Å². The van der Waals surface area contributed by atoms with Crippen LogP contribution in [0.3, 0.4) is 0 Å². The van der Waals surface area contributed by atoms with Crippen LogP contribution in [0.2, 0.25) is 0 Å². The number of likely N-dealkylation sites (tertiary alicyclic amines) is 1. The van der Waals surface area contributed by atoms with Crippen LogP contribution >= 0.6 is 0 Å². The number of aromatic nitrogens is 4. The molecular formula is C30H37N7O. The van der Waals surface area contributed by atoms with Crippen LogP contribution in [0.4, 0.5) is 5.82 Å². The van der Waals surface area contributed by atoms with E-state index >= 15 is 0 Å². The summed E-state index contributed by atoms with van der Waals surface area (Å²) in [6.45, 7) is 10.4. The van der Waals surface area contributed by atoms with Crippen molar-refractivity contribution >= 4 is 33.7 Å². The van der Waals surface area contributed by atoms with Gasteiger partial charge in [0.05, 0.1) is 16.9 Å². The molecule has 0 radical (unpaired) electrons. The lowest BCUT2D eigenvalue weighted by Gasteiger charge is -2.30. The zero-order valence-corrected chi connectivity index (χ0v) is 22.6. The Kier molecular flexibility index (Phi) is 6.30. The highest BCUT2D eigenvalue weighted by atomic mass is 16.2. The van der Waals surface area contributed by atoms with Crippen LogP contribution in [-0.4, -0.2) is 56.0 Å². The maximum absolute atomic E-state index is 13.4. The second-order valence-electron chi connectivity index (χ2n) is 11.6. The largest absolute Gasteiger partial charge is 0.383 e. The van der Waals surface area contributed by atoms with Gasteiger partial charge < -0.3 is 20.5 Å². The Labute approximate surface area is 223 Å². The number of para-hydroxylation sites is 1. The minimum atomic E-state index is -0.351. The molecule has 8 heteroatoms. The fourth-order valence-electron chi connectivity index (χ4n) is 6.34. The van der Waals surface area contributed by atoms with E-state index in [1.165, 1.54) is 25.6 Å². The molecule has 2 atom stereocenters. The van der Waals surface area contributed by atoms with Crippen LogP contribution in [0.5, 0.6) is 0 Å². The van der Waals surface area contributed by atoms with Crippen molar-refractivity contribution in [2.75, 3.05) is 25.4 Å². The normalized spacial score (nSPS) is 20.0. The van der Waals surface area contributed by atoms with Crippen LogP contribution in [0.15, 0.2) is 42.9 Å². The first-order valence-electron chi connectivity index (χ1n) is 13.9. The van der Waals surface area contributed by atoms with Crippen molar-refractivity contribution in [2.24, 2.45) is 5.92 Å². The molecule has 1 amide bonds. The minimum absolute atomic E-state index is 0.0356. The molecule has 2 aliphatic rings. The smallest absolute Gasteiger partial charge is 0.223 e. The number of pyridine rings is 1. The van der Waals surface area contributed by atoms with Crippen LogP contribution < -0.4 is 11.1 Å². The number of rotatable bonds is 6. The van der Waals surface area contributed by atoms with Crippen LogP contribution in [0.25, 0.3) is 33.1 Å². The third-order valence-corrected chi connectivity index (χ3v) is 8.69. The number of amides is 1. The van der Waals surface area contributed by atoms with Gasteiger partial charge in [-0.25, -0.2) is 9.97 Å². The summed E-state index contributed by atoms with van der Waals surface area (Å²) in [6.07, 6.45) is 8.18. The number of piperidine rings is 1. The fourth-order valence-corrected chi connectivity index (χ4v) is 6.34. The molecule has 0 aliphatic carbocycles. The summed E-state index contributed by atoms with van der Waals surface area (Å²) in [4.78, 5) is 29.6. The number of nitrogens with zero attached hydrogens (tertiary/aromatic N) is 5. The van der Waals surface area contributed by atoms with Gasteiger partial charge in [0.25, 0.3) is 0 Å². The van der Waals surface area contributed by atoms with Gasteiger partial charge >= 0.3 is 0 Å². The summed E-state index contributed by atoms with van der Waals surface area (Å²) in [5, 5.41) is 5.33. The number of hydrogen-bond donors (Lipinski definition) is 2. The highest BCUT2D eigenvalue weighted by molar-refractivity contribution is 6.04. The zero-order valence-electron chi connectivity index (χ0n) is 22.6. The third-order valence-electron chi connectivity index (χ3n) is 8.69. The molecule has 4 aromatic rings. The Morgan fingerprint density at radius 1 is 1.16 bits per heavy atom. The number of carbonyl (C=O) groups excluding carboxylic acids is 1. The first kappa shape index (κ1) is 24.8. The molecule has 1 unspecified atom stereocenters. The molecule has 2 aliphatic heterocycles. The molecule has 0 bridgehead atoms. The van der Waals surface area contributed by atoms with Crippen LogP contribution in [-0.2, 0) is 16.8 Å². The van der Waals surface area contributed by atoms with Crippen molar-refractivity contribution in [1.82, 2.24) is 29.7 Å². The molecule has 3 aromatic heterocycles. The second-order valence-corrected chi connectivity index (χ2v) is 11.6. The molecule has 3 N–H and O–H groups in total. The van der Waals surface area contributed by atoms with Crippen molar-refractivity contribution in [3.05, 3.63) is 48.5 Å². The van der Waals surface area contributed by atoms with Gasteiger partial charge in [-0.3, -0.25) is 9.78 Å². The summed E-state index contributed by atoms with van der Waals surface area (Å²) in [5.41, 5.74) is 11.0. The number of carbonyl (C=O) groups is 1. The molecule has 6 rings (SSSR count). The van der Waals surface area contributed by atoms with E-state index < -0.39 is 0 Å². The number of nitrogen functional groups attached to an aromatic ring is 1. The Hall–Kier alpha value is -3.52. The van der Waals surface area contributed by atoms with Gasteiger partial charge in [-0.2, -0.15) is 0 Å². The monoisotopic (exact) mass is 511 g/mol. The number of nitrogens with two attached hydrogens (primary N) is 1. The van der Waals surface area contributed by atoms with Crippen LogP contribution in [0, 0.1) is 5.92 Å². The molecule has 0 spiro atoms. The van der Waals surface area contributed by atoms with Gasteiger partial charge in [0.15, 0.2) is 0 Å². The Balaban J connectivity index is 1.32. The summed E-state index contributed by atoms with van der Waals surface area (Å²) in [6, 6.07) is 10.2. The first-order valence-corrected chi connectivity index (χ1v) is 13.9. The lowest BCUT2D eigenvalue weighted by molar-refractivity contribution is -0.126. The Bertz CT molecular complexity index is 1500. The van der Waals surface area contributed by atoms with Crippen molar-refractivity contribution in [1.29, 1.82) is 0 Å². The van der Waals surface area contributed by atoms with Gasteiger partial charge in [-0.1, -0.05) is 45.4 Å². The predicted octanol–water partition coefficient (Wildman–Crippen LogP) is 4.52. The van der Waals surface area contributed by atoms with Crippen molar-refractivity contribution < 1.29 is 4.79 Å². The van der Waals surface area contributed by atoms with E-state index in [1.54, 1.807) is 0 Å². The topological polar surface area (TPSA) is 102 Å². The lowest BCUT2D eigenvalue weighted by Crippen LogP contribution is -2.47. The van der Waals surface area contributed by atoms with Gasteiger partial charge in [0.2, 0.25) is 5.91 Å². The number of benzene rings is 1. The summed E-state index contributed by atoms with van der Waals surface area (Å²) in [7, 11) is 0. The average molecular weight is 512 g/mol. The second kappa shape index (κ2) is 9.66. The number of fused-ring (bicyclic) bond motifs is 4. The highest BCUT2D eigenvalue weighted by Crippen LogP contribution is 2.47. The van der Waals surface area contributed by atoms with Gasteiger partial charge in [-0.15, -0.1) is 0 Å². The van der Waals surface area contributed by atoms with Gasteiger partial charge in [0, 0.05) is 46.3 Å². The zero-order chi connectivity index (χ0) is 26.4. The van der Waals surface area contributed by atoms with Gasteiger partial charge in [-0.05, 0) is 51.0 Å². The number of hydrogen-bond acceptors (Lipinski definition) is 6. The molecule has 5 heterocycles. The Morgan fingerprint density at radius 3 is 2.76 bits per heavy atom. The van der Waals surface area contributed by atoms with Crippen molar-refractivity contribution in [2.45, 2.75) is 64.5 Å². The Morgan fingerprint density at radius 2 is 1.95 bits per heavy atom. The highest BCUT2D eigenvalue weighted by Gasteiger charge is 2.45. The van der Waals surface area contributed by atoms with E-state index in [-0.39, 0.29) is 23.3 Å². The number of anilines is 1. The van der Waals surface area contributed by atoms with E-state index in [9.17, 15) is 4.79 Å². The maximum atomic E-state index is 13.4. The lowest BCUT2D eigenvalue weighted by atomic mass is 9.80. The summed E-state index contributed by atoms with van der Waals surface area (Å²) < 4.78 is 2.22. The summed E-state index contributed by atoms with van der Waals surface area (Å²) in [5.74, 6) is 0.549. The molecule has 198 valence electrons. The van der Waals surface area contributed by atoms with E-state index in [1.807, 2.05) is 24.4 Å². The van der Waals surface area contributed by atoms with E-state index in [0.29, 0.717) is 12.4 Å². The predicted molar refractivity (Wildman–Crippen MR) is 152 cm³/mol. The average Bonchev–Trinajstić information content (AvgIpc) is 3.40. The molecule has 0 saturated carbocycles. The fraction of sp³-hybridized carbons (Fsp3) is 0.467. The molecule has 1 fully saturated rings. The number of nitrogens with one attached hydrogen (secondary N) is 1. The minimum Gasteiger partial charge on any atom is -0.383 e. The molecule has 1 aromatic carbocycles. The standard InChI is InChI=1S/C30H37N7O/c1-19(11-14-36-12-7-4-8-13-36)29(38)35-23-17-37-26(30(23,2)3)24(25-27(31)33-18-34-28(25)37)21-15-20-9-5-6-10-22(20)32-16-21/h5-6,9-10,15-16,18-19,23H,4,7-8,11-14,17H2,1-3H3,(H,35,38)(H2,31,33,34)/t19?,23-/m1/s1. The quantitative estimate of drug-likeness (QED) is 0.395. The summed E-state index contributed by atoms with van der Waals surface area (Å²) >= 11 is 0. The van der Waals surface area contributed by atoms with Gasteiger partial charge in [0.1, 0.15) is 17.8 Å². The third kappa shape index (κ3) is 4.21.